The van der Waals surface area contributed by atoms with Gasteiger partial charge in [-0.15, -0.1) is 0 Å². The van der Waals surface area contributed by atoms with Gasteiger partial charge in [0.25, 0.3) is 0 Å². The van der Waals surface area contributed by atoms with Crippen molar-refractivity contribution in [2.75, 3.05) is 0 Å². The Kier molecular flexibility index (Phi) is 3.73. The number of hydrogen-bond donors (Lipinski definition) is 1. The maximum absolute atomic E-state index is 12.1. The summed E-state index contributed by atoms with van der Waals surface area (Å²) in [5.74, 6) is 0.0274. The number of carbonyl (C=O) groups is 1. The third-order valence-electron chi connectivity index (χ3n) is 3.73. The van der Waals surface area contributed by atoms with Crippen LogP contribution in [0, 0.1) is 6.92 Å². The van der Waals surface area contributed by atoms with Crippen LogP contribution in [0.1, 0.15) is 11.1 Å². The van der Waals surface area contributed by atoms with E-state index in [0.717, 1.165) is 16.5 Å². The molecule has 0 radical (unpaired) electrons. The van der Waals surface area contributed by atoms with Crippen molar-refractivity contribution >= 4 is 16.8 Å². The Labute approximate surface area is 124 Å². The predicted octanol–water partition coefficient (Wildman–Crippen LogP) is 3.27. The van der Waals surface area contributed by atoms with Gasteiger partial charge < -0.3 is 9.88 Å². The van der Waals surface area contributed by atoms with Gasteiger partial charge in [-0.25, -0.2) is 0 Å². The molecule has 0 bridgehead atoms. The SMILES string of the molecule is Cc1ccccc1CNC(=O)Cn1ccc2ccccc21. The number of para-hydroxylation sites is 1. The minimum absolute atomic E-state index is 0.0274. The van der Waals surface area contributed by atoms with E-state index in [4.69, 9.17) is 0 Å². The molecule has 0 unspecified atom stereocenters. The van der Waals surface area contributed by atoms with Crippen molar-refractivity contribution in [3.8, 4) is 0 Å². The zero-order valence-corrected chi connectivity index (χ0v) is 12.0. The summed E-state index contributed by atoms with van der Waals surface area (Å²) < 4.78 is 1.97. The summed E-state index contributed by atoms with van der Waals surface area (Å²) in [6.07, 6.45) is 1.96. The Morgan fingerprint density at radius 2 is 1.81 bits per heavy atom. The van der Waals surface area contributed by atoms with E-state index in [1.54, 1.807) is 0 Å². The summed E-state index contributed by atoms with van der Waals surface area (Å²) in [7, 11) is 0. The van der Waals surface area contributed by atoms with Crippen molar-refractivity contribution in [1.29, 1.82) is 0 Å². The quantitative estimate of drug-likeness (QED) is 0.781. The van der Waals surface area contributed by atoms with Crippen molar-refractivity contribution < 1.29 is 4.79 Å². The molecule has 21 heavy (non-hydrogen) atoms. The van der Waals surface area contributed by atoms with Gasteiger partial charge in [-0.1, -0.05) is 42.5 Å². The third kappa shape index (κ3) is 2.97. The van der Waals surface area contributed by atoms with Crippen LogP contribution in [0.2, 0.25) is 0 Å². The largest absolute Gasteiger partial charge is 0.350 e. The first-order valence-corrected chi connectivity index (χ1v) is 7.09. The maximum atomic E-state index is 12.1. The molecule has 3 heteroatoms. The molecule has 3 rings (SSSR count). The normalized spacial score (nSPS) is 10.7. The van der Waals surface area contributed by atoms with Crippen LogP contribution in [-0.4, -0.2) is 10.5 Å². The van der Waals surface area contributed by atoms with E-state index in [2.05, 4.69) is 24.4 Å². The average molecular weight is 278 g/mol. The molecule has 0 fully saturated rings. The number of nitrogens with one attached hydrogen (secondary N) is 1. The first-order chi connectivity index (χ1) is 10.2. The molecule has 1 heterocycles. The van der Waals surface area contributed by atoms with Crippen LogP contribution >= 0.6 is 0 Å². The fourth-order valence-electron chi connectivity index (χ4n) is 2.49. The molecule has 0 atom stereocenters. The number of aryl methyl sites for hydroxylation is 1. The van der Waals surface area contributed by atoms with E-state index in [1.165, 1.54) is 5.56 Å². The molecule has 0 saturated heterocycles. The second-order valence-electron chi connectivity index (χ2n) is 5.21. The Morgan fingerprint density at radius 1 is 1.05 bits per heavy atom. The van der Waals surface area contributed by atoms with Gasteiger partial charge in [-0.2, -0.15) is 0 Å². The van der Waals surface area contributed by atoms with Crippen molar-refractivity contribution in [3.05, 3.63) is 71.9 Å². The highest BCUT2D eigenvalue weighted by atomic mass is 16.1. The number of aromatic nitrogens is 1. The van der Waals surface area contributed by atoms with Crippen LogP contribution in [0.5, 0.6) is 0 Å². The number of amides is 1. The molecule has 1 aromatic heterocycles. The monoisotopic (exact) mass is 278 g/mol. The highest BCUT2D eigenvalue weighted by Gasteiger charge is 2.06. The van der Waals surface area contributed by atoms with Crippen LogP contribution in [0.15, 0.2) is 60.8 Å². The first kappa shape index (κ1) is 13.4. The first-order valence-electron chi connectivity index (χ1n) is 7.09. The lowest BCUT2D eigenvalue weighted by Gasteiger charge is -2.09. The number of benzene rings is 2. The van der Waals surface area contributed by atoms with Gasteiger partial charge >= 0.3 is 0 Å². The summed E-state index contributed by atoms with van der Waals surface area (Å²) in [5, 5.41) is 4.14. The maximum Gasteiger partial charge on any atom is 0.240 e. The van der Waals surface area contributed by atoms with E-state index in [9.17, 15) is 4.79 Å². The molecular weight excluding hydrogens is 260 g/mol. The molecule has 3 nitrogen and oxygen atoms in total. The minimum Gasteiger partial charge on any atom is -0.350 e. The Hall–Kier alpha value is -2.55. The topological polar surface area (TPSA) is 34.0 Å². The second-order valence-corrected chi connectivity index (χ2v) is 5.21. The molecule has 0 spiro atoms. The smallest absolute Gasteiger partial charge is 0.240 e. The lowest BCUT2D eigenvalue weighted by molar-refractivity contribution is -0.121. The van der Waals surface area contributed by atoms with Gasteiger partial charge in [0, 0.05) is 18.3 Å². The molecule has 3 aromatic rings. The number of carbonyl (C=O) groups excluding carboxylic acids is 1. The number of rotatable bonds is 4. The molecule has 0 saturated carbocycles. The second kappa shape index (κ2) is 5.83. The van der Waals surface area contributed by atoms with Crippen LogP contribution < -0.4 is 5.32 Å². The summed E-state index contributed by atoms with van der Waals surface area (Å²) >= 11 is 0. The number of nitrogens with zero attached hydrogens (tertiary/aromatic N) is 1. The zero-order chi connectivity index (χ0) is 14.7. The molecule has 1 N–H and O–H groups in total. The standard InChI is InChI=1S/C18H18N2O/c1-14-6-2-3-8-16(14)12-19-18(21)13-20-11-10-15-7-4-5-9-17(15)20/h2-11H,12-13H2,1H3,(H,19,21). The fraction of sp³-hybridized carbons (Fsp3) is 0.167. The van der Waals surface area contributed by atoms with Crippen LogP contribution in [0.25, 0.3) is 10.9 Å². The molecule has 106 valence electrons. The van der Waals surface area contributed by atoms with E-state index in [1.807, 2.05) is 53.2 Å². The van der Waals surface area contributed by atoms with E-state index in [-0.39, 0.29) is 5.91 Å². The van der Waals surface area contributed by atoms with E-state index < -0.39 is 0 Å². The number of hydrogen-bond acceptors (Lipinski definition) is 1. The van der Waals surface area contributed by atoms with Crippen molar-refractivity contribution in [2.45, 2.75) is 20.0 Å². The summed E-state index contributed by atoms with van der Waals surface area (Å²) in [6, 6.07) is 18.2. The zero-order valence-electron chi connectivity index (χ0n) is 12.0. The van der Waals surface area contributed by atoms with Gasteiger partial charge in [-0.3, -0.25) is 4.79 Å². The lowest BCUT2D eigenvalue weighted by Crippen LogP contribution is -2.27. The Bertz CT molecular complexity index is 773. The average Bonchev–Trinajstić information content (AvgIpc) is 2.90. The Balaban J connectivity index is 1.66. The predicted molar refractivity (Wildman–Crippen MR) is 85.0 cm³/mol. The van der Waals surface area contributed by atoms with Crippen LogP contribution in [0.3, 0.4) is 0 Å². The highest BCUT2D eigenvalue weighted by Crippen LogP contribution is 2.14. The van der Waals surface area contributed by atoms with Crippen molar-refractivity contribution in [3.63, 3.8) is 0 Å². The molecule has 0 aliphatic carbocycles. The summed E-state index contributed by atoms with van der Waals surface area (Å²) in [4.78, 5) is 12.1. The summed E-state index contributed by atoms with van der Waals surface area (Å²) in [5.41, 5.74) is 3.44. The Morgan fingerprint density at radius 3 is 2.67 bits per heavy atom. The highest BCUT2D eigenvalue weighted by molar-refractivity contribution is 5.83. The third-order valence-corrected chi connectivity index (χ3v) is 3.73. The van der Waals surface area contributed by atoms with E-state index >= 15 is 0 Å². The van der Waals surface area contributed by atoms with Crippen LogP contribution in [-0.2, 0) is 17.9 Å². The molecule has 2 aromatic carbocycles. The summed E-state index contributed by atoms with van der Waals surface area (Å²) in [6.45, 7) is 2.98. The van der Waals surface area contributed by atoms with Crippen molar-refractivity contribution in [1.82, 2.24) is 9.88 Å². The molecule has 1 amide bonds. The molecular formula is C18H18N2O. The van der Waals surface area contributed by atoms with Gasteiger partial charge in [0.2, 0.25) is 5.91 Å². The molecule has 0 aliphatic rings. The fourth-order valence-corrected chi connectivity index (χ4v) is 2.49. The van der Waals surface area contributed by atoms with E-state index in [0.29, 0.717) is 13.1 Å². The van der Waals surface area contributed by atoms with Crippen molar-refractivity contribution in [2.24, 2.45) is 0 Å². The van der Waals surface area contributed by atoms with Gasteiger partial charge in [-0.05, 0) is 35.6 Å². The lowest BCUT2D eigenvalue weighted by atomic mass is 10.1. The van der Waals surface area contributed by atoms with Gasteiger partial charge in [0.15, 0.2) is 0 Å². The molecule has 0 aliphatic heterocycles. The van der Waals surface area contributed by atoms with Gasteiger partial charge in [0.05, 0.1) is 0 Å². The van der Waals surface area contributed by atoms with Gasteiger partial charge in [0.1, 0.15) is 6.54 Å². The minimum atomic E-state index is 0.0274. The van der Waals surface area contributed by atoms with Crippen LogP contribution in [0.4, 0.5) is 0 Å². The number of fused-ring (bicyclic) bond motifs is 1.